The van der Waals surface area contributed by atoms with Crippen LogP contribution in [-0.4, -0.2) is 27.1 Å². The van der Waals surface area contributed by atoms with Crippen molar-refractivity contribution in [2.45, 2.75) is 6.18 Å². The molecule has 0 saturated heterocycles. The lowest BCUT2D eigenvalue weighted by Gasteiger charge is -2.12. The second-order valence-electron chi connectivity index (χ2n) is 2.99. The summed E-state index contributed by atoms with van der Waals surface area (Å²) in [4.78, 5) is 21.3. The second-order valence-corrected chi connectivity index (χ2v) is 2.99. The van der Waals surface area contributed by atoms with Gasteiger partial charge in [0.2, 0.25) is 0 Å². The van der Waals surface area contributed by atoms with Gasteiger partial charge in [-0.1, -0.05) is 0 Å². The molecule has 1 aromatic rings. The number of phenols is 2. The normalized spacial score (nSPS) is 11.2. The zero-order chi connectivity index (χ0) is 13.4. The minimum atomic E-state index is -5.02. The Kier molecular flexibility index (Phi) is 2.99. The highest BCUT2D eigenvalue weighted by atomic mass is 19.4. The van der Waals surface area contributed by atoms with E-state index in [4.69, 9.17) is 15.3 Å². The number of hydrogen-bond donors (Lipinski definition) is 3. The average Bonchev–Trinajstić information content (AvgIpc) is 2.19. The number of phenolic OH excluding ortho intramolecular Hbond substituents is 2. The minimum absolute atomic E-state index is 0.311. The molecule has 0 fully saturated rings. The molecule has 0 aliphatic heterocycles. The first-order valence-corrected chi connectivity index (χ1v) is 4.06. The van der Waals surface area contributed by atoms with E-state index in [0.717, 1.165) is 0 Å². The Morgan fingerprint density at radius 1 is 1.12 bits per heavy atom. The number of benzene rings is 1. The van der Waals surface area contributed by atoms with E-state index in [9.17, 15) is 22.8 Å². The van der Waals surface area contributed by atoms with E-state index in [0.29, 0.717) is 12.1 Å². The number of halogens is 3. The van der Waals surface area contributed by atoms with Gasteiger partial charge in [0.15, 0.2) is 11.5 Å². The molecule has 5 nitrogen and oxygen atoms in total. The Morgan fingerprint density at radius 2 is 1.65 bits per heavy atom. The number of carbonyl (C=O) groups is 2. The molecule has 3 N–H and O–H groups in total. The van der Waals surface area contributed by atoms with Gasteiger partial charge in [0.05, 0.1) is 11.1 Å². The number of hydrogen-bond acceptors (Lipinski definition) is 4. The molecule has 0 aliphatic carbocycles. The van der Waals surface area contributed by atoms with Crippen molar-refractivity contribution < 1.29 is 38.1 Å². The van der Waals surface area contributed by atoms with Crippen molar-refractivity contribution in [3.8, 4) is 11.5 Å². The predicted molar refractivity (Wildman–Crippen MR) is 46.7 cm³/mol. The number of rotatable bonds is 2. The molecule has 0 aromatic heterocycles. The van der Waals surface area contributed by atoms with Crippen LogP contribution in [0.1, 0.15) is 15.9 Å². The Bertz CT molecular complexity index is 492. The van der Waals surface area contributed by atoms with Gasteiger partial charge in [0, 0.05) is 0 Å². The van der Waals surface area contributed by atoms with E-state index in [-0.39, 0.29) is 0 Å². The van der Waals surface area contributed by atoms with Crippen molar-refractivity contribution in [2.75, 3.05) is 0 Å². The Balaban J connectivity index is 3.59. The number of alkyl halides is 3. The first-order chi connectivity index (χ1) is 7.66. The Morgan fingerprint density at radius 3 is 2.06 bits per heavy atom. The molecule has 0 heterocycles. The third kappa shape index (κ3) is 2.30. The lowest BCUT2D eigenvalue weighted by Crippen LogP contribution is -2.19. The maximum Gasteiger partial charge on any atom is 0.417 e. The van der Waals surface area contributed by atoms with E-state index < -0.39 is 40.6 Å². The topological polar surface area (TPSA) is 94.8 Å². The Hall–Kier alpha value is -2.25. The molecule has 1 rings (SSSR count). The van der Waals surface area contributed by atoms with Crippen molar-refractivity contribution in [1.82, 2.24) is 0 Å². The van der Waals surface area contributed by atoms with Crippen LogP contribution in [0.25, 0.3) is 0 Å². The molecule has 17 heavy (non-hydrogen) atoms. The molecule has 0 bridgehead atoms. The van der Waals surface area contributed by atoms with Gasteiger partial charge in [-0.25, -0.2) is 4.79 Å². The van der Waals surface area contributed by atoms with E-state index in [2.05, 4.69) is 0 Å². The van der Waals surface area contributed by atoms with Crippen molar-refractivity contribution in [2.24, 2.45) is 0 Å². The maximum atomic E-state index is 12.4. The molecule has 0 radical (unpaired) electrons. The first kappa shape index (κ1) is 12.8. The largest absolute Gasteiger partial charge is 0.504 e. The summed E-state index contributed by atoms with van der Waals surface area (Å²) in [5, 5.41) is 26.4. The van der Waals surface area contributed by atoms with Crippen LogP contribution in [0.3, 0.4) is 0 Å². The minimum Gasteiger partial charge on any atom is -0.504 e. The van der Waals surface area contributed by atoms with Crippen LogP contribution in [0.15, 0.2) is 12.1 Å². The van der Waals surface area contributed by atoms with Gasteiger partial charge in [-0.3, -0.25) is 4.79 Å². The van der Waals surface area contributed by atoms with Gasteiger partial charge in [-0.2, -0.15) is 13.2 Å². The van der Waals surface area contributed by atoms with Crippen LogP contribution in [0.2, 0.25) is 0 Å². The number of carbonyl (C=O) groups excluding carboxylic acids is 1. The highest BCUT2D eigenvalue weighted by Crippen LogP contribution is 2.39. The maximum absolute atomic E-state index is 12.4. The summed E-state index contributed by atoms with van der Waals surface area (Å²) in [6.45, 7) is 0. The number of carboxylic acid groups (broad SMARTS) is 1. The average molecular weight is 250 g/mol. The van der Waals surface area contributed by atoms with Gasteiger partial charge >= 0.3 is 12.1 Å². The summed E-state index contributed by atoms with van der Waals surface area (Å²) in [7, 11) is 0. The molecular formula is C9H5F3O5. The lowest BCUT2D eigenvalue weighted by atomic mass is 10.0. The number of ketones is 1. The molecule has 0 saturated carbocycles. The fourth-order valence-corrected chi connectivity index (χ4v) is 1.15. The number of aliphatic carboxylic acids is 1. The molecule has 0 aliphatic rings. The highest BCUT2D eigenvalue weighted by Gasteiger charge is 2.39. The smallest absolute Gasteiger partial charge is 0.417 e. The Labute approximate surface area is 91.7 Å². The standard InChI is InChI=1S/C9H5F3O5/c10-9(11,12)3-1-2-4(13)6(14)5(3)7(15)8(16)17/h1-2,13-14H,(H,16,17). The van der Waals surface area contributed by atoms with Crippen molar-refractivity contribution in [3.63, 3.8) is 0 Å². The van der Waals surface area contributed by atoms with Gasteiger partial charge < -0.3 is 15.3 Å². The molecule has 0 atom stereocenters. The van der Waals surface area contributed by atoms with Crippen LogP contribution in [0.5, 0.6) is 11.5 Å². The number of Topliss-reactive ketones (excluding diaryl/α,β-unsaturated/α-hetero) is 1. The zero-order valence-corrected chi connectivity index (χ0v) is 7.95. The molecule has 0 unspecified atom stereocenters. The van der Waals surface area contributed by atoms with Crippen LogP contribution >= 0.6 is 0 Å². The zero-order valence-electron chi connectivity index (χ0n) is 7.95. The third-order valence-electron chi connectivity index (χ3n) is 1.88. The van der Waals surface area contributed by atoms with E-state index in [1.165, 1.54) is 0 Å². The fourth-order valence-electron chi connectivity index (χ4n) is 1.15. The summed E-state index contributed by atoms with van der Waals surface area (Å²) in [6, 6.07) is 0.821. The van der Waals surface area contributed by atoms with Gasteiger partial charge in [-0.15, -0.1) is 0 Å². The number of aromatic hydroxyl groups is 2. The van der Waals surface area contributed by atoms with Crippen molar-refractivity contribution in [1.29, 1.82) is 0 Å². The van der Waals surface area contributed by atoms with Crippen molar-refractivity contribution in [3.05, 3.63) is 23.3 Å². The van der Waals surface area contributed by atoms with E-state index >= 15 is 0 Å². The quantitative estimate of drug-likeness (QED) is 0.418. The fraction of sp³-hybridized carbons (Fsp3) is 0.111. The monoisotopic (exact) mass is 250 g/mol. The van der Waals surface area contributed by atoms with Gasteiger partial charge in [0.25, 0.3) is 5.78 Å². The molecule has 92 valence electrons. The summed E-state index contributed by atoms with van der Waals surface area (Å²) >= 11 is 0. The first-order valence-electron chi connectivity index (χ1n) is 4.06. The molecule has 0 spiro atoms. The highest BCUT2D eigenvalue weighted by molar-refractivity contribution is 6.41. The summed E-state index contributed by atoms with van der Waals surface area (Å²) in [6.07, 6.45) is -5.02. The molecule has 1 aromatic carbocycles. The van der Waals surface area contributed by atoms with Crippen LogP contribution in [0, 0.1) is 0 Å². The summed E-state index contributed by atoms with van der Waals surface area (Å²) < 4.78 is 37.3. The second kappa shape index (κ2) is 3.96. The third-order valence-corrected chi connectivity index (χ3v) is 1.88. The number of carboxylic acids is 1. The molecule has 8 heteroatoms. The van der Waals surface area contributed by atoms with Crippen molar-refractivity contribution >= 4 is 11.8 Å². The predicted octanol–water partition coefficient (Wildman–Crippen LogP) is 1.38. The summed E-state index contributed by atoms with van der Waals surface area (Å²) in [5.41, 5.74) is -3.11. The van der Waals surface area contributed by atoms with Gasteiger partial charge in [0.1, 0.15) is 0 Å². The molecule has 0 amide bonds. The van der Waals surface area contributed by atoms with Gasteiger partial charge in [-0.05, 0) is 12.1 Å². The molecular weight excluding hydrogens is 245 g/mol. The van der Waals surface area contributed by atoms with E-state index in [1.807, 2.05) is 0 Å². The SMILES string of the molecule is O=C(O)C(=O)c1c(C(F)(F)F)ccc(O)c1O. The van der Waals surface area contributed by atoms with Crippen LogP contribution in [0.4, 0.5) is 13.2 Å². The van der Waals surface area contributed by atoms with E-state index in [1.54, 1.807) is 0 Å². The van der Waals surface area contributed by atoms with Crippen LogP contribution in [-0.2, 0) is 11.0 Å². The van der Waals surface area contributed by atoms with Crippen LogP contribution < -0.4 is 0 Å². The summed E-state index contributed by atoms with van der Waals surface area (Å²) in [5.74, 6) is -6.54. The lowest BCUT2D eigenvalue weighted by molar-refractivity contribution is -0.138.